The van der Waals surface area contributed by atoms with Gasteiger partial charge in [0, 0.05) is 19.5 Å². The van der Waals surface area contributed by atoms with Gasteiger partial charge in [-0.2, -0.15) is 0 Å². The summed E-state index contributed by atoms with van der Waals surface area (Å²) >= 11 is 0. The zero-order chi connectivity index (χ0) is 11.5. The van der Waals surface area contributed by atoms with Crippen LogP contribution in [0.1, 0.15) is 26.2 Å². The number of hydrogen-bond acceptors (Lipinski definition) is 3. The Labute approximate surface area is 90.7 Å². The average Bonchev–Trinajstić information content (AvgIpc) is 2.18. The highest BCUT2D eigenvalue weighted by atomic mass is 32.2. The van der Waals surface area contributed by atoms with Gasteiger partial charge in [-0.1, -0.05) is 0 Å². The molecule has 0 saturated carbocycles. The van der Waals surface area contributed by atoms with Crippen LogP contribution in [0.15, 0.2) is 0 Å². The van der Waals surface area contributed by atoms with Crippen molar-refractivity contribution in [3.05, 3.63) is 0 Å². The lowest BCUT2D eigenvalue weighted by Gasteiger charge is -2.30. The third-order valence-corrected chi connectivity index (χ3v) is 4.70. The Bertz CT molecular complexity index is 318. The summed E-state index contributed by atoms with van der Waals surface area (Å²) in [5.41, 5.74) is 5.10. The Kier molecular flexibility index (Phi) is 4.10. The number of rotatable bonds is 4. The number of piperidine rings is 1. The van der Waals surface area contributed by atoms with Crippen LogP contribution < -0.4 is 5.73 Å². The van der Waals surface area contributed by atoms with E-state index in [0.29, 0.717) is 19.5 Å². The molecule has 88 valence electrons. The topological polar surface area (TPSA) is 80.5 Å². The van der Waals surface area contributed by atoms with Gasteiger partial charge in [-0.3, -0.25) is 4.79 Å². The van der Waals surface area contributed by atoms with Crippen molar-refractivity contribution in [1.29, 1.82) is 0 Å². The molecule has 1 rings (SSSR count). The monoisotopic (exact) mass is 234 g/mol. The minimum absolute atomic E-state index is 0.146. The van der Waals surface area contributed by atoms with E-state index in [-0.39, 0.29) is 17.6 Å². The molecule has 0 bridgehead atoms. The lowest BCUT2D eigenvalue weighted by atomic mass is 9.94. The quantitative estimate of drug-likeness (QED) is 0.739. The van der Waals surface area contributed by atoms with Crippen LogP contribution in [0.4, 0.5) is 0 Å². The van der Waals surface area contributed by atoms with E-state index >= 15 is 0 Å². The number of nitrogens with zero attached hydrogens (tertiary/aromatic N) is 1. The second-order valence-electron chi connectivity index (χ2n) is 3.91. The highest BCUT2D eigenvalue weighted by Crippen LogP contribution is 2.22. The van der Waals surface area contributed by atoms with Crippen molar-refractivity contribution in [1.82, 2.24) is 4.31 Å². The van der Waals surface area contributed by atoms with Crippen LogP contribution in [0.25, 0.3) is 0 Å². The van der Waals surface area contributed by atoms with Gasteiger partial charge < -0.3 is 5.73 Å². The standard InChI is InChI=1S/C9H18N2O3S/c1-2-15(13,14)11-5-3-8(4-6-11)7-9(10)12/h8H,2-7H2,1H3,(H2,10,12). The van der Waals surface area contributed by atoms with Gasteiger partial charge >= 0.3 is 0 Å². The van der Waals surface area contributed by atoms with Crippen molar-refractivity contribution in [2.75, 3.05) is 18.8 Å². The second-order valence-corrected chi connectivity index (χ2v) is 6.17. The van der Waals surface area contributed by atoms with E-state index in [2.05, 4.69) is 0 Å². The predicted octanol–water partition coefficient (Wildman–Crippen LogP) is -0.0765. The average molecular weight is 234 g/mol. The molecule has 0 aliphatic carbocycles. The second kappa shape index (κ2) is 4.94. The Balaban J connectivity index is 2.46. The molecule has 2 N–H and O–H groups in total. The van der Waals surface area contributed by atoms with Crippen molar-refractivity contribution in [3.8, 4) is 0 Å². The number of carbonyl (C=O) groups excluding carboxylic acids is 1. The molecule has 0 unspecified atom stereocenters. The maximum atomic E-state index is 11.5. The SMILES string of the molecule is CCS(=O)(=O)N1CCC(CC(N)=O)CC1. The fraction of sp³-hybridized carbons (Fsp3) is 0.889. The number of hydrogen-bond donors (Lipinski definition) is 1. The van der Waals surface area contributed by atoms with Crippen molar-refractivity contribution in [2.24, 2.45) is 11.7 Å². The van der Waals surface area contributed by atoms with Crippen LogP contribution in [0.2, 0.25) is 0 Å². The first-order valence-corrected chi connectivity index (χ1v) is 6.82. The largest absolute Gasteiger partial charge is 0.370 e. The summed E-state index contributed by atoms with van der Waals surface area (Å²) in [5, 5.41) is 0. The highest BCUT2D eigenvalue weighted by molar-refractivity contribution is 7.89. The summed E-state index contributed by atoms with van der Waals surface area (Å²) < 4.78 is 24.5. The Morgan fingerprint density at radius 1 is 1.40 bits per heavy atom. The molecule has 0 aromatic rings. The number of nitrogens with two attached hydrogens (primary N) is 1. The molecule has 15 heavy (non-hydrogen) atoms. The fourth-order valence-electron chi connectivity index (χ4n) is 1.86. The zero-order valence-electron chi connectivity index (χ0n) is 8.98. The first-order valence-electron chi connectivity index (χ1n) is 5.22. The summed E-state index contributed by atoms with van der Waals surface area (Å²) in [5.74, 6) is 0.102. The molecule has 0 radical (unpaired) electrons. The maximum absolute atomic E-state index is 11.5. The van der Waals surface area contributed by atoms with Crippen LogP contribution >= 0.6 is 0 Å². The van der Waals surface area contributed by atoms with Crippen molar-refractivity contribution >= 4 is 15.9 Å². The molecule has 1 heterocycles. The summed E-state index contributed by atoms with van der Waals surface area (Å²) in [4.78, 5) is 10.7. The molecular weight excluding hydrogens is 216 g/mol. The smallest absolute Gasteiger partial charge is 0.217 e. The van der Waals surface area contributed by atoms with Gasteiger partial charge in [-0.05, 0) is 25.7 Å². The van der Waals surface area contributed by atoms with Crippen LogP contribution in [0, 0.1) is 5.92 Å². The van der Waals surface area contributed by atoms with Crippen LogP contribution in [-0.2, 0) is 14.8 Å². The summed E-state index contributed by atoms with van der Waals surface area (Å²) in [6, 6.07) is 0. The molecule has 0 aromatic carbocycles. The molecule has 5 nitrogen and oxygen atoms in total. The van der Waals surface area contributed by atoms with Gasteiger partial charge in [0.05, 0.1) is 5.75 Å². The van der Waals surface area contributed by atoms with Gasteiger partial charge in [-0.25, -0.2) is 12.7 Å². The van der Waals surface area contributed by atoms with Crippen LogP contribution in [0.5, 0.6) is 0 Å². The van der Waals surface area contributed by atoms with Crippen molar-refractivity contribution < 1.29 is 13.2 Å². The molecule has 0 aromatic heterocycles. The summed E-state index contributed by atoms with van der Waals surface area (Å²) in [7, 11) is -3.06. The zero-order valence-corrected chi connectivity index (χ0v) is 9.79. The van der Waals surface area contributed by atoms with Crippen molar-refractivity contribution in [2.45, 2.75) is 26.2 Å². The Morgan fingerprint density at radius 2 is 1.93 bits per heavy atom. The number of amides is 1. The lowest BCUT2D eigenvalue weighted by molar-refractivity contribution is -0.119. The third-order valence-electron chi connectivity index (χ3n) is 2.82. The third kappa shape index (κ3) is 3.46. The minimum atomic E-state index is -3.06. The van der Waals surface area contributed by atoms with Crippen LogP contribution in [0.3, 0.4) is 0 Å². The van der Waals surface area contributed by atoms with E-state index in [1.54, 1.807) is 6.92 Å². The molecule has 1 aliphatic heterocycles. The van der Waals surface area contributed by atoms with Gasteiger partial charge in [0.15, 0.2) is 0 Å². The first kappa shape index (κ1) is 12.4. The lowest BCUT2D eigenvalue weighted by Crippen LogP contribution is -2.39. The molecule has 1 saturated heterocycles. The number of primary amides is 1. The maximum Gasteiger partial charge on any atom is 0.217 e. The molecule has 1 fully saturated rings. The van der Waals surface area contributed by atoms with E-state index in [9.17, 15) is 13.2 Å². The summed E-state index contributed by atoms with van der Waals surface area (Å²) in [6.45, 7) is 2.69. The fourth-order valence-corrected chi connectivity index (χ4v) is 2.99. The van der Waals surface area contributed by atoms with Gasteiger partial charge in [0.25, 0.3) is 0 Å². The predicted molar refractivity (Wildman–Crippen MR) is 57.6 cm³/mol. The molecule has 0 spiro atoms. The van der Waals surface area contributed by atoms with Crippen molar-refractivity contribution in [3.63, 3.8) is 0 Å². The van der Waals surface area contributed by atoms with E-state index in [1.807, 2.05) is 0 Å². The van der Waals surface area contributed by atoms with Gasteiger partial charge in [0.2, 0.25) is 15.9 Å². The van der Waals surface area contributed by atoms with Gasteiger partial charge in [-0.15, -0.1) is 0 Å². The van der Waals surface area contributed by atoms with E-state index in [1.165, 1.54) is 4.31 Å². The minimum Gasteiger partial charge on any atom is -0.370 e. The molecule has 0 atom stereocenters. The van der Waals surface area contributed by atoms with E-state index in [4.69, 9.17) is 5.73 Å². The van der Waals surface area contributed by atoms with E-state index in [0.717, 1.165) is 12.8 Å². The normalized spacial score (nSPS) is 20.3. The molecule has 6 heteroatoms. The van der Waals surface area contributed by atoms with Crippen LogP contribution in [-0.4, -0.2) is 37.5 Å². The molecular formula is C9H18N2O3S. The Hall–Kier alpha value is -0.620. The first-order chi connectivity index (χ1) is 6.95. The highest BCUT2D eigenvalue weighted by Gasteiger charge is 2.27. The van der Waals surface area contributed by atoms with Gasteiger partial charge in [0.1, 0.15) is 0 Å². The molecule has 1 amide bonds. The number of carbonyl (C=O) groups is 1. The van der Waals surface area contributed by atoms with E-state index < -0.39 is 10.0 Å². The summed E-state index contributed by atoms with van der Waals surface area (Å²) in [6.07, 6.45) is 1.85. The number of sulfonamides is 1. The Morgan fingerprint density at radius 3 is 2.33 bits per heavy atom. The molecule has 1 aliphatic rings.